The second kappa shape index (κ2) is 6.98. The molecule has 0 radical (unpaired) electrons. The van der Waals surface area contributed by atoms with Gasteiger partial charge < -0.3 is 15.8 Å². The van der Waals surface area contributed by atoms with Crippen LogP contribution in [0.4, 0.5) is 26.3 Å². The van der Waals surface area contributed by atoms with Crippen molar-refractivity contribution >= 4 is 5.91 Å². The number of alkyl halides is 6. The van der Waals surface area contributed by atoms with Crippen LogP contribution in [0, 0.1) is 17.8 Å². The highest BCUT2D eigenvalue weighted by Crippen LogP contribution is 2.61. The van der Waals surface area contributed by atoms with E-state index < -0.39 is 53.9 Å². The average molecular weight is 434 g/mol. The molecule has 4 rings (SSSR count). The number of carbonyl (C=O) groups is 1. The van der Waals surface area contributed by atoms with E-state index in [2.05, 4.69) is 0 Å². The van der Waals surface area contributed by atoms with Gasteiger partial charge in [-0.05, 0) is 24.0 Å². The fourth-order valence-corrected chi connectivity index (χ4v) is 4.49. The smallest absolute Gasteiger partial charge is 0.357 e. The van der Waals surface area contributed by atoms with Crippen LogP contribution in [0.5, 0.6) is 0 Å². The molecule has 3 N–H and O–H groups in total. The molecule has 1 amide bonds. The maximum Gasteiger partial charge on any atom is 0.412 e. The number of carbonyl (C=O) groups excluding carboxylic acids is 1. The van der Waals surface area contributed by atoms with Crippen LogP contribution in [0.1, 0.15) is 12.8 Å². The number of allylic oxidation sites excluding steroid dienone is 2. The average Bonchev–Trinajstić information content (AvgIpc) is 3.32. The van der Waals surface area contributed by atoms with Crippen molar-refractivity contribution in [3.05, 3.63) is 47.6 Å². The second-order valence-corrected chi connectivity index (χ2v) is 8.07. The van der Waals surface area contributed by atoms with Crippen LogP contribution in [-0.2, 0) is 9.53 Å². The van der Waals surface area contributed by atoms with Crippen molar-refractivity contribution in [3.8, 4) is 0 Å². The third-order valence-electron chi connectivity index (χ3n) is 6.13. The molecule has 30 heavy (non-hydrogen) atoms. The van der Waals surface area contributed by atoms with Gasteiger partial charge >= 0.3 is 12.4 Å². The maximum absolute atomic E-state index is 13.7. The van der Waals surface area contributed by atoms with Gasteiger partial charge in [-0.2, -0.15) is 26.3 Å². The summed E-state index contributed by atoms with van der Waals surface area (Å²) in [6, 6.07) is -2.54. The number of fused-ring (bicyclic) bond motifs is 3. The van der Waals surface area contributed by atoms with Gasteiger partial charge in [-0.25, -0.2) is 0 Å². The zero-order valence-corrected chi connectivity index (χ0v) is 15.6. The Balaban J connectivity index is 1.54. The van der Waals surface area contributed by atoms with Gasteiger partial charge in [0, 0.05) is 18.4 Å². The molecule has 3 aliphatic carbocycles. The fraction of sp³-hybridized carbons (Fsp3) is 0.550. The molecular formula is C20H20F6N2O2. The molecule has 6 atom stereocenters. The first-order valence-electron chi connectivity index (χ1n) is 9.55. The Bertz CT molecular complexity index is 856. The summed E-state index contributed by atoms with van der Waals surface area (Å²) < 4.78 is 85.8. The van der Waals surface area contributed by atoms with E-state index in [0.29, 0.717) is 12.6 Å². The van der Waals surface area contributed by atoms with Gasteiger partial charge in [0.15, 0.2) is 11.6 Å². The highest BCUT2D eigenvalue weighted by atomic mass is 19.4. The summed E-state index contributed by atoms with van der Waals surface area (Å²) >= 11 is 0. The predicted molar refractivity (Wildman–Crippen MR) is 94.8 cm³/mol. The molecule has 2 fully saturated rings. The van der Waals surface area contributed by atoms with Crippen molar-refractivity contribution in [2.75, 3.05) is 6.54 Å². The standard InChI is InChI=1S/C20H20F6N2O2/c21-19(22,23)12-3-1-2-11(7-12)16(20(24,25)26)28-17(29)18-8-14(18)13-6-10(9-27)4-5-15(13)30-18/h1-2,4-7,12-16H,3,8-9,27H2,(H,28,29). The quantitative estimate of drug-likeness (QED) is 0.668. The Morgan fingerprint density at radius 1 is 1.23 bits per heavy atom. The molecule has 4 nitrogen and oxygen atoms in total. The van der Waals surface area contributed by atoms with Crippen LogP contribution in [-0.4, -0.2) is 42.6 Å². The lowest BCUT2D eigenvalue weighted by Crippen LogP contribution is -2.51. The molecule has 1 heterocycles. The van der Waals surface area contributed by atoms with Crippen molar-refractivity contribution in [2.45, 2.75) is 42.9 Å². The normalized spacial score (nSPS) is 35.8. The lowest BCUT2D eigenvalue weighted by Gasteiger charge is -2.28. The summed E-state index contributed by atoms with van der Waals surface area (Å²) in [6.07, 6.45) is -2.32. The summed E-state index contributed by atoms with van der Waals surface area (Å²) in [5.74, 6) is -3.43. The molecule has 0 bridgehead atoms. The van der Waals surface area contributed by atoms with Crippen molar-refractivity contribution in [1.82, 2.24) is 5.32 Å². The largest absolute Gasteiger partial charge is 0.412 e. The van der Waals surface area contributed by atoms with Gasteiger partial charge in [-0.3, -0.25) is 4.79 Å². The SMILES string of the molecule is NCC1=CC2C(C=C1)OC1(C(=O)NC(C3=CC(C(F)(F)F)CC=C3)C(F)(F)F)CC21. The molecular weight excluding hydrogens is 414 g/mol. The summed E-state index contributed by atoms with van der Waals surface area (Å²) in [6.45, 7) is 0.294. The molecule has 0 spiro atoms. The van der Waals surface area contributed by atoms with Crippen molar-refractivity contribution in [1.29, 1.82) is 0 Å². The number of amides is 1. The third-order valence-corrected chi connectivity index (χ3v) is 6.13. The molecule has 6 unspecified atom stereocenters. The van der Waals surface area contributed by atoms with E-state index in [4.69, 9.17) is 10.5 Å². The molecule has 4 aliphatic rings. The van der Waals surface area contributed by atoms with Crippen LogP contribution < -0.4 is 11.1 Å². The first-order valence-corrected chi connectivity index (χ1v) is 9.55. The Hall–Kier alpha value is -2.07. The monoisotopic (exact) mass is 434 g/mol. The first kappa shape index (κ1) is 21.2. The van der Waals surface area contributed by atoms with E-state index in [1.54, 1.807) is 12.2 Å². The lowest BCUT2D eigenvalue weighted by molar-refractivity contribution is -0.164. The van der Waals surface area contributed by atoms with E-state index in [0.717, 1.165) is 17.7 Å². The number of nitrogens with two attached hydrogens (primary N) is 1. The minimum Gasteiger partial charge on any atom is -0.357 e. The number of ether oxygens (including phenoxy) is 1. The molecule has 164 valence electrons. The summed E-state index contributed by atoms with van der Waals surface area (Å²) in [5, 5.41) is 1.91. The minimum atomic E-state index is -4.96. The van der Waals surface area contributed by atoms with E-state index in [9.17, 15) is 31.1 Å². The lowest BCUT2D eigenvalue weighted by atomic mass is 9.90. The molecule has 0 aromatic heterocycles. The van der Waals surface area contributed by atoms with E-state index in [1.807, 2.05) is 11.4 Å². The van der Waals surface area contributed by atoms with Crippen molar-refractivity contribution in [2.24, 2.45) is 23.5 Å². The number of nitrogens with one attached hydrogen (secondary N) is 1. The Kier molecular flexibility index (Phi) is 4.93. The molecule has 1 saturated carbocycles. The van der Waals surface area contributed by atoms with E-state index in [1.165, 1.54) is 0 Å². The number of rotatable bonds is 4. The van der Waals surface area contributed by atoms with Crippen LogP contribution >= 0.6 is 0 Å². The highest BCUT2D eigenvalue weighted by Gasteiger charge is 2.71. The zero-order chi connectivity index (χ0) is 21.9. The van der Waals surface area contributed by atoms with Gasteiger partial charge in [0.25, 0.3) is 5.91 Å². The van der Waals surface area contributed by atoms with Crippen LogP contribution in [0.3, 0.4) is 0 Å². The number of hydrogen-bond donors (Lipinski definition) is 2. The van der Waals surface area contributed by atoms with Crippen molar-refractivity contribution < 1.29 is 35.9 Å². The molecule has 10 heteroatoms. The number of halogens is 6. The number of hydrogen-bond acceptors (Lipinski definition) is 3. The maximum atomic E-state index is 13.7. The highest BCUT2D eigenvalue weighted by molar-refractivity contribution is 5.90. The topological polar surface area (TPSA) is 64.3 Å². The van der Waals surface area contributed by atoms with Crippen LogP contribution in [0.25, 0.3) is 0 Å². The van der Waals surface area contributed by atoms with Gasteiger partial charge in [-0.15, -0.1) is 0 Å². The molecule has 1 saturated heterocycles. The Morgan fingerprint density at radius 2 is 1.97 bits per heavy atom. The minimum absolute atomic E-state index is 0.160. The van der Waals surface area contributed by atoms with Gasteiger partial charge in [0.1, 0.15) is 0 Å². The summed E-state index contributed by atoms with van der Waals surface area (Å²) in [5.41, 5.74) is 4.45. The Morgan fingerprint density at radius 3 is 2.60 bits per heavy atom. The van der Waals surface area contributed by atoms with Crippen LogP contribution in [0.2, 0.25) is 0 Å². The van der Waals surface area contributed by atoms with Crippen molar-refractivity contribution in [3.63, 3.8) is 0 Å². The first-order chi connectivity index (χ1) is 14.0. The predicted octanol–water partition coefficient (Wildman–Crippen LogP) is 3.33. The van der Waals surface area contributed by atoms with Gasteiger partial charge in [0.2, 0.25) is 0 Å². The fourth-order valence-electron chi connectivity index (χ4n) is 4.49. The summed E-state index contributed by atoms with van der Waals surface area (Å²) in [4.78, 5) is 12.8. The second-order valence-electron chi connectivity index (χ2n) is 8.07. The van der Waals surface area contributed by atoms with Gasteiger partial charge in [-0.1, -0.05) is 36.5 Å². The molecule has 0 aromatic rings. The van der Waals surface area contributed by atoms with E-state index in [-0.39, 0.29) is 18.3 Å². The molecule has 1 aliphatic heterocycles. The third kappa shape index (κ3) is 3.60. The van der Waals surface area contributed by atoms with E-state index >= 15 is 0 Å². The summed E-state index contributed by atoms with van der Waals surface area (Å²) in [7, 11) is 0. The van der Waals surface area contributed by atoms with Crippen LogP contribution in [0.15, 0.2) is 47.6 Å². The molecule has 0 aromatic carbocycles. The zero-order valence-electron chi connectivity index (χ0n) is 15.6. The Labute approximate surface area is 168 Å². The van der Waals surface area contributed by atoms with Gasteiger partial charge in [0.05, 0.1) is 12.0 Å².